The molecule has 1 amide bonds. The zero-order valence-electron chi connectivity index (χ0n) is 16.3. The van der Waals surface area contributed by atoms with Crippen molar-refractivity contribution in [2.45, 2.75) is 13.5 Å². The molecule has 0 aromatic heterocycles. The summed E-state index contributed by atoms with van der Waals surface area (Å²) in [5.41, 5.74) is 4.38. The predicted molar refractivity (Wildman–Crippen MR) is 115 cm³/mol. The van der Waals surface area contributed by atoms with E-state index in [1.54, 1.807) is 24.3 Å². The van der Waals surface area contributed by atoms with Crippen molar-refractivity contribution in [1.82, 2.24) is 5.43 Å². The molecule has 3 aromatic rings. The third-order valence-electron chi connectivity index (χ3n) is 4.04. The van der Waals surface area contributed by atoms with Gasteiger partial charge in [0.1, 0.15) is 12.4 Å². The van der Waals surface area contributed by atoms with Gasteiger partial charge in [-0.3, -0.25) is 4.79 Å². The van der Waals surface area contributed by atoms with Crippen LogP contribution < -0.4 is 14.9 Å². The van der Waals surface area contributed by atoms with Crippen LogP contribution in [0.3, 0.4) is 0 Å². The number of benzene rings is 3. The Kier molecular flexibility index (Phi) is 7.40. The summed E-state index contributed by atoms with van der Waals surface area (Å²) < 4.78 is 24.5. The zero-order valence-corrected chi connectivity index (χ0v) is 17.0. The monoisotopic (exact) mass is 426 g/mol. The number of hydrogen-bond acceptors (Lipinski definition) is 4. The number of nitrogens with zero attached hydrogens (tertiary/aromatic N) is 1. The van der Waals surface area contributed by atoms with Gasteiger partial charge in [0, 0.05) is 10.6 Å². The van der Waals surface area contributed by atoms with E-state index in [2.05, 4.69) is 10.5 Å². The Morgan fingerprint density at radius 1 is 1.07 bits per heavy atom. The number of hydrogen-bond donors (Lipinski definition) is 1. The number of rotatable bonds is 8. The second-order valence-corrected chi connectivity index (χ2v) is 6.70. The van der Waals surface area contributed by atoms with Gasteiger partial charge in [-0.1, -0.05) is 23.7 Å². The number of nitrogens with one attached hydrogen (secondary N) is 1. The molecule has 3 aromatic carbocycles. The molecular formula is C23H20ClFN2O3. The van der Waals surface area contributed by atoms with Crippen LogP contribution in [0.25, 0.3) is 0 Å². The van der Waals surface area contributed by atoms with Crippen molar-refractivity contribution in [2.24, 2.45) is 5.10 Å². The topological polar surface area (TPSA) is 59.9 Å². The Labute approximate surface area is 179 Å². The van der Waals surface area contributed by atoms with Crippen molar-refractivity contribution in [1.29, 1.82) is 0 Å². The summed E-state index contributed by atoms with van der Waals surface area (Å²) in [4.78, 5) is 12.0. The lowest BCUT2D eigenvalue weighted by Crippen LogP contribution is -2.17. The molecule has 5 nitrogen and oxygen atoms in total. The van der Waals surface area contributed by atoms with E-state index in [1.807, 2.05) is 25.1 Å². The lowest BCUT2D eigenvalue weighted by atomic mass is 10.2. The van der Waals surface area contributed by atoms with Gasteiger partial charge in [0.2, 0.25) is 0 Å². The number of amides is 1. The molecule has 0 spiro atoms. The van der Waals surface area contributed by atoms with E-state index in [0.717, 1.165) is 5.56 Å². The Balaban J connectivity index is 1.65. The summed E-state index contributed by atoms with van der Waals surface area (Å²) in [7, 11) is 0. The summed E-state index contributed by atoms with van der Waals surface area (Å²) in [5, 5.41) is 4.59. The van der Waals surface area contributed by atoms with Crippen molar-refractivity contribution in [3.05, 3.63) is 94.3 Å². The first kappa shape index (κ1) is 21.3. The molecule has 0 aliphatic heterocycles. The van der Waals surface area contributed by atoms with E-state index in [9.17, 15) is 9.18 Å². The largest absolute Gasteiger partial charge is 0.490 e. The first-order valence-electron chi connectivity index (χ1n) is 9.28. The SMILES string of the molecule is CCOc1cc(/C=N\NC(=O)c2ccc(F)cc2)ccc1OCc1cccc(Cl)c1. The molecule has 0 saturated carbocycles. The second kappa shape index (κ2) is 10.4. The maximum atomic E-state index is 12.9. The summed E-state index contributed by atoms with van der Waals surface area (Å²) in [6.07, 6.45) is 1.49. The van der Waals surface area contributed by atoms with E-state index >= 15 is 0 Å². The smallest absolute Gasteiger partial charge is 0.271 e. The van der Waals surface area contributed by atoms with Gasteiger partial charge < -0.3 is 9.47 Å². The van der Waals surface area contributed by atoms with Crippen molar-refractivity contribution < 1.29 is 18.7 Å². The quantitative estimate of drug-likeness (QED) is 0.397. The van der Waals surface area contributed by atoms with Gasteiger partial charge in [0.05, 0.1) is 12.8 Å². The molecule has 0 radical (unpaired) electrons. The van der Waals surface area contributed by atoms with Crippen molar-refractivity contribution in [2.75, 3.05) is 6.61 Å². The average Bonchev–Trinajstić information content (AvgIpc) is 2.74. The van der Waals surface area contributed by atoms with Gasteiger partial charge in [-0.2, -0.15) is 5.10 Å². The molecule has 0 aliphatic carbocycles. The van der Waals surface area contributed by atoms with Gasteiger partial charge >= 0.3 is 0 Å². The van der Waals surface area contributed by atoms with E-state index in [1.165, 1.54) is 30.5 Å². The molecule has 1 N–H and O–H groups in total. The van der Waals surface area contributed by atoms with Crippen LogP contribution in [-0.4, -0.2) is 18.7 Å². The minimum Gasteiger partial charge on any atom is -0.490 e. The first-order chi connectivity index (χ1) is 14.5. The molecule has 0 aliphatic rings. The molecule has 7 heteroatoms. The minimum absolute atomic E-state index is 0.313. The van der Waals surface area contributed by atoms with Gasteiger partial charge in [-0.25, -0.2) is 9.82 Å². The highest BCUT2D eigenvalue weighted by molar-refractivity contribution is 6.30. The fraction of sp³-hybridized carbons (Fsp3) is 0.130. The van der Waals surface area contributed by atoms with E-state index < -0.39 is 11.7 Å². The molecule has 0 saturated heterocycles. The molecule has 3 rings (SSSR count). The first-order valence-corrected chi connectivity index (χ1v) is 9.66. The lowest BCUT2D eigenvalue weighted by molar-refractivity contribution is 0.0955. The maximum absolute atomic E-state index is 12.9. The van der Waals surface area contributed by atoms with Gasteiger partial charge in [0.15, 0.2) is 11.5 Å². The number of carbonyl (C=O) groups excluding carboxylic acids is 1. The number of carbonyl (C=O) groups is 1. The fourth-order valence-electron chi connectivity index (χ4n) is 2.61. The highest BCUT2D eigenvalue weighted by Gasteiger charge is 2.08. The third kappa shape index (κ3) is 6.06. The third-order valence-corrected chi connectivity index (χ3v) is 4.27. The average molecular weight is 427 g/mol. The Morgan fingerprint density at radius 3 is 2.60 bits per heavy atom. The molecule has 30 heavy (non-hydrogen) atoms. The maximum Gasteiger partial charge on any atom is 0.271 e. The standard InChI is InChI=1S/C23H20ClFN2O3/c1-2-29-22-13-16(14-26-27-23(28)18-7-9-20(25)10-8-18)6-11-21(22)30-15-17-4-3-5-19(24)12-17/h3-14H,2,15H2,1H3,(H,27,28)/b26-14-. The highest BCUT2D eigenvalue weighted by Crippen LogP contribution is 2.29. The molecule has 0 fully saturated rings. The minimum atomic E-state index is -0.433. The van der Waals surface area contributed by atoms with E-state index in [-0.39, 0.29) is 0 Å². The highest BCUT2D eigenvalue weighted by atomic mass is 35.5. The second-order valence-electron chi connectivity index (χ2n) is 6.26. The molecule has 0 unspecified atom stereocenters. The van der Waals surface area contributed by atoms with Crippen LogP contribution in [0.2, 0.25) is 5.02 Å². The number of hydrazone groups is 1. The predicted octanol–water partition coefficient (Wildman–Crippen LogP) is 5.22. The summed E-state index contributed by atoms with van der Waals surface area (Å²) in [6.45, 7) is 2.70. The summed E-state index contributed by atoms with van der Waals surface area (Å²) in [6, 6.07) is 18.0. The summed E-state index contributed by atoms with van der Waals surface area (Å²) in [5.74, 6) is 0.312. The molecule has 0 atom stereocenters. The van der Waals surface area contributed by atoms with Gasteiger partial charge in [0.25, 0.3) is 5.91 Å². The van der Waals surface area contributed by atoms with Crippen LogP contribution in [0.1, 0.15) is 28.4 Å². The van der Waals surface area contributed by atoms with Crippen molar-refractivity contribution >= 4 is 23.7 Å². The van der Waals surface area contributed by atoms with Crippen LogP contribution in [0.5, 0.6) is 11.5 Å². The Bertz CT molecular complexity index is 1040. The molecular weight excluding hydrogens is 407 g/mol. The van der Waals surface area contributed by atoms with Crippen LogP contribution >= 0.6 is 11.6 Å². The van der Waals surface area contributed by atoms with Crippen molar-refractivity contribution in [3.63, 3.8) is 0 Å². The van der Waals surface area contributed by atoms with Crippen molar-refractivity contribution in [3.8, 4) is 11.5 Å². The van der Waals surface area contributed by atoms with E-state index in [0.29, 0.717) is 40.9 Å². The van der Waals surface area contributed by atoms with Crippen LogP contribution in [0.4, 0.5) is 4.39 Å². The molecule has 0 bridgehead atoms. The molecule has 0 heterocycles. The molecule has 154 valence electrons. The van der Waals surface area contributed by atoms with Crippen LogP contribution in [0.15, 0.2) is 71.8 Å². The number of halogens is 2. The van der Waals surface area contributed by atoms with Gasteiger partial charge in [-0.15, -0.1) is 0 Å². The lowest BCUT2D eigenvalue weighted by Gasteiger charge is -2.12. The van der Waals surface area contributed by atoms with Crippen LogP contribution in [0, 0.1) is 5.82 Å². The zero-order chi connectivity index (χ0) is 21.3. The Hall–Kier alpha value is -3.38. The number of ether oxygens (including phenoxy) is 2. The van der Waals surface area contributed by atoms with Gasteiger partial charge in [-0.05, 0) is 72.6 Å². The van der Waals surface area contributed by atoms with E-state index in [4.69, 9.17) is 21.1 Å². The normalized spacial score (nSPS) is 10.8. The fourth-order valence-corrected chi connectivity index (χ4v) is 2.82. The summed E-state index contributed by atoms with van der Waals surface area (Å²) >= 11 is 6.00. The Morgan fingerprint density at radius 2 is 1.87 bits per heavy atom. The van der Waals surface area contributed by atoms with Crippen LogP contribution in [-0.2, 0) is 6.61 Å².